The average Bonchev–Trinajstić information content (AvgIpc) is 3.48. The summed E-state index contributed by atoms with van der Waals surface area (Å²) in [5.41, 5.74) is 5.61. The second-order valence-corrected chi connectivity index (χ2v) is 8.18. The molecule has 3 heterocycles. The van der Waals surface area contributed by atoms with E-state index in [0.717, 1.165) is 54.7 Å². The van der Waals surface area contributed by atoms with E-state index in [2.05, 4.69) is 28.4 Å². The number of anilines is 1. The van der Waals surface area contributed by atoms with Crippen LogP contribution in [0.25, 0.3) is 11.3 Å². The van der Waals surface area contributed by atoms with E-state index in [1.807, 2.05) is 31.2 Å². The Bertz CT molecular complexity index is 1070. The predicted octanol–water partition coefficient (Wildman–Crippen LogP) is 3.61. The first kappa shape index (κ1) is 19.8. The fraction of sp³-hybridized carbons (Fsp3) is 0.360. The zero-order chi connectivity index (χ0) is 21.4. The lowest BCUT2D eigenvalue weighted by Gasteiger charge is -2.22. The molecule has 0 aliphatic carbocycles. The summed E-state index contributed by atoms with van der Waals surface area (Å²) < 4.78 is 11.2. The van der Waals surface area contributed by atoms with Crippen molar-refractivity contribution in [1.82, 2.24) is 4.90 Å². The summed E-state index contributed by atoms with van der Waals surface area (Å²) in [6, 6.07) is 13.9. The molecule has 6 heteroatoms. The topological polar surface area (TPSA) is 67.9 Å². The SMILES string of the molecule is CCOC(=O)[C@H]1CCCN1CCc1ccc2c(c1)COC2=C1C(=O)Nc2ccccc21. The number of carbonyl (C=O) groups excluding carboxylic acids is 2. The molecule has 5 rings (SSSR count). The van der Waals surface area contributed by atoms with Crippen LogP contribution in [0.4, 0.5) is 5.69 Å². The standard InChI is InChI=1S/C25H26N2O4/c1-2-30-25(29)21-8-5-12-27(21)13-11-16-9-10-18-17(14-16)15-31-23(18)22-19-6-3-4-7-20(19)26-24(22)28/h3-4,6-7,9-10,14,21H,2,5,8,11-13,15H2,1H3,(H,26,28)/t21-/m1/s1. The zero-order valence-corrected chi connectivity index (χ0v) is 17.6. The minimum atomic E-state index is -0.118. The predicted molar refractivity (Wildman–Crippen MR) is 118 cm³/mol. The minimum Gasteiger partial charge on any atom is -0.487 e. The van der Waals surface area contributed by atoms with Crippen molar-refractivity contribution < 1.29 is 19.1 Å². The third-order valence-corrected chi connectivity index (χ3v) is 6.30. The summed E-state index contributed by atoms with van der Waals surface area (Å²) in [5.74, 6) is 0.437. The molecule has 1 amide bonds. The summed E-state index contributed by atoms with van der Waals surface area (Å²) in [4.78, 5) is 27.0. The van der Waals surface area contributed by atoms with Gasteiger partial charge in [0.25, 0.3) is 5.91 Å². The first-order valence-corrected chi connectivity index (χ1v) is 11.0. The lowest BCUT2D eigenvalue weighted by Crippen LogP contribution is -2.38. The van der Waals surface area contributed by atoms with Crippen molar-refractivity contribution in [2.75, 3.05) is 25.0 Å². The number of likely N-dealkylation sites (tertiary alicyclic amines) is 1. The number of fused-ring (bicyclic) bond motifs is 2. The molecule has 31 heavy (non-hydrogen) atoms. The molecule has 3 aliphatic rings. The van der Waals surface area contributed by atoms with Crippen LogP contribution in [0.2, 0.25) is 0 Å². The number of hydrogen-bond acceptors (Lipinski definition) is 5. The van der Waals surface area contributed by atoms with Crippen molar-refractivity contribution in [1.29, 1.82) is 0 Å². The summed E-state index contributed by atoms with van der Waals surface area (Å²) >= 11 is 0. The van der Waals surface area contributed by atoms with Crippen LogP contribution in [-0.2, 0) is 32.1 Å². The molecular formula is C25H26N2O4. The number of para-hydroxylation sites is 1. The number of carbonyl (C=O) groups is 2. The molecule has 160 valence electrons. The number of benzene rings is 2. The number of amides is 1. The van der Waals surface area contributed by atoms with Gasteiger partial charge in [-0.05, 0) is 44.4 Å². The second kappa shape index (κ2) is 8.19. The Labute approximate surface area is 181 Å². The van der Waals surface area contributed by atoms with Gasteiger partial charge in [0.2, 0.25) is 0 Å². The maximum absolute atomic E-state index is 12.6. The van der Waals surface area contributed by atoms with Crippen LogP contribution >= 0.6 is 0 Å². The van der Waals surface area contributed by atoms with Crippen LogP contribution in [0.1, 0.15) is 42.0 Å². The summed E-state index contributed by atoms with van der Waals surface area (Å²) in [6.45, 7) is 4.50. The molecule has 0 spiro atoms. The fourth-order valence-electron chi connectivity index (χ4n) is 4.79. The molecule has 1 atom stereocenters. The van der Waals surface area contributed by atoms with Crippen LogP contribution in [0.5, 0.6) is 0 Å². The third kappa shape index (κ3) is 3.61. The number of ether oxygens (including phenoxy) is 2. The van der Waals surface area contributed by atoms with E-state index in [9.17, 15) is 9.59 Å². The van der Waals surface area contributed by atoms with Crippen LogP contribution < -0.4 is 5.32 Å². The van der Waals surface area contributed by atoms with Crippen LogP contribution in [0.15, 0.2) is 42.5 Å². The molecule has 0 unspecified atom stereocenters. The fourth-order valence-corrected chi connectivity index (χ4v) is 4.79. The zero-order valence-electron chi connectivity index (χ0n) is 17.6. The molecule has 0 saturated carbocycles. The first-order valence-electron chi connectivity index (χ1n) is 11.0. The van der Waals surface area contributed by atoms with Crippen LogP contribution in [0, 0.1) is 0 Å². The molecule has 0 aromatic heterocycles. The lowest BCUT2D eigenvalue weighted by atomic mass is 9.98. The van der Waals surface area contributed by atoms with Crippen molar-refractivity contribution in [2.24, 2.45) is 0 Å². The Kier molecular flexibility index (Phi) is 5.24. The summed E-state index contributed by atoms with van der Waals surface area (Å²) in [6.07, 6.45) is 2.76. The number of nitrogens with one attached hydrogen (secondary N) is 1. The Morgan fingerprint density at radius 3 is 2.97 bits per heavy atom. The van der Waals surface area contributed by atoms with Crippen molar-refractivity contribution in [2.45, 2.75) is 38.8 Å². The summed E-state index contributed by atoms with van der Waals surface area (Å²) in [5, 5.41) is 2.92. The van der Waals surface area contributed by atoms with Gasteiger partial charge in [0.15, 0.2) is 0 Å². The minimum absolute atomic E-state index is 0.103. The van der Waals surface area contributed by atoms with Gasteiger partial charge in [-0.25, -0.2) is 0 Å². The lowest BCUT2D eigenvalue weighted by molar-refractivity contribution is -0.148. The molecule has 6 nitrogen and oxygen atoms in total. The Morgan fingerprint density at radius 1 is 1.23 bits per heavy atom. The van der Waals surface area contributed by atoms with Gasteiger partial charge in [-0.15, -0.1) is 0 Å². The van der Waals surface area contributed by atoms with E-state index in [1.165, 1.54) is 5.56 Å². The number of esters is 1. The molecule has 3 aliphatic heterocycles. The van der Waals surface area contributed by atoms with Gasteiger partial charge in [-0.2, -0.15) is 0 Å². The van der Waals surface area contributed by atoms with Crippen molar-refractivity contribution in [3.05, 3.63) is 64.7 Å². The quantitative estimate of drug-likeness (QED) is 0.594. The Balaban J connectivity index is 1.34. The van der Waals surface area contributed by atoms with Gasteiger partial charge < -0.3 is 14.8 Å². The smallest absolute Gasteiger partial charge is 0.323 e. The summed E-state index contributed by atoms with van der Waals surface area (Å²) in [7, 11) is 0. The van der Waals surface area contributed by atoms with Gasteiger partial charge in [0.05, 0.1) is 12.2 Å². The Morgan fingerprint density at radius 2 is 2.10 bits per heavy atom. The van der Waals surface area contributed by atoms with Gasteiger partial charge in [-0.3, -0.25) is 14.5 Å². The largest absolute Gasteiger partial charge is 0.487 e. The van der Waals surface area contributed by atoms with E-state index in [1.54, 1.807) is 0 Å². The van der Waals surface area contributed by atoms with Crippen LogP contribution in [0.3, 0.4) is 0 Å². The molecule has 2 aromatic rings. The maximum Gasteiger partial charge on any atom is 0.323 e. The van der Waals surface area contributed by atoms with Crippen molar-refractivity contribution in [3.8, 4) is 0 Å². The van der Waals surface area contributed by atoms with Crippen molar-refractivity contribution in [3.63, 3.8) is 0 Å². The number of nitrogens with zero attached hydrogens (tertiary/aromatic N) is 1. The first-order chi connectivity index (χ1) is 15.2. The number of hydrogen-bond donors (Lipinski definition) is 1. The van der Waals surface area contributed by atoms with Crippen LogP contribution in [-0.4, -0.2) is 42.5 Å². The van der Waals surface area contributed by atoms with Crippen molar-refractivity contribution >= 4 is 28.9 Å². The normalized spacial score (nSPS) is 22.1. The molecular weight excluding hydrogens is 392 g/mol. The van der Waals surface area contributed by atoms with E-state index in [4.69, 9.17) is 9.47 Å². The average molecular weight is 418 g/mol. The molecule has 2 aromatic carbocycles. The van der Waals surface area contributed by atoms with Gasteiger partial charge in [-0.1, -0.05) is 36.4 Å². The second-order valence-electron chi connectivity index (χ2n) is 8.18. The molecule has 1 N–H and O–H groups in total. The molecule has 1 fully saturated rings. The molecule has 0 radical (unpaired) electrons. The van der Waals surface area contributed by atoms with E-state index in [0.29, 0.717) is 24.5 Å². The van der Waals surface area contributed by atoms with Gasteiger partial charge in [0.1, 0.15) is 18.4 Å². The van der Waals surface area contributed by atoms with E-state index >= 15 is 0 Å². The Hall–Kier alpha value is -3.12. The highest BCUT2D eigenvalue weighted by Gasteiger charge is 2.33. The van der Waals surface area contributed by atoms with Gasteiger partial charge >= 0.3 is 5.97 Å². The highest BCUT2D eigenvalue weighted by molar-refractivity contribution is 6.36. The van der Waals surface area contributed by atoms with E-state index < -0.39 is 0 Å². The third-order valence-electron chi connectivity index (χ3n) is 6.30. The molecule has 0 bridgehead atoms. The van der Waals surface area contributed by atoms with Gasteiger partial charge in [0, 0.05) is 28.9 Å². The van der Waals surface area contributed by atoms with E-state index in [-0.39, 0.29) is 17.9 Å². The number of rotatable bonds is 5. The monoisotopic (exact) mass is 418 g/mol. The molecule has 1 saturated heterocycles. The maximum atomic E-state index is 12.6. The highest BCUT2D eigenvalue weighted by Crippen LogP contribution is 2.41. The highest BCUT2D eigenvalue weighted by atomic mass is 16.5.